The third-order valence-corrected chi connectivity index (χ3v) is 5.04. The Kier molecular flexibility index (Phi) is 13.7. The third-order valence-electron chi connectivity index (χ3n) is 4.40. The average molecular weight is 493 g/mol. The monoisotopic (exact) mass is 492 g/mol. The topological polar surface area (TPSA) is 257 Å². The molecule has 0 aromatic carbocycles. The van der Waals surface area contributed by atoms with E-state index in [4.69, 9.17) is 22.3 Å². The highest BCUT2D eigenvalue weighted by Crippen LogP contribution is 2.06. The first-order valence-corrected chi connectivity index (χ1v) is 11.3. The molecule has 0 radical (unpaired) electrons. The van der Waals surface area contributed by atoms with Crippen molar-refractivity contribution in [1.82, 2.24) is 16.0 Å². The van der Waals surface area contributed by atoms with E-state index in [1.165, 1.54) is 18.7 Å². The Morgan fingerprint density at radius 3 is 1.76 bits per heavy atom. The summed E-state index contributed by atoms with van der Waals surface area (Å²) in [7, 11) is 0. The molecule has 11 N–H and O–H groups in total. The van der Waals surface area contributed by atoms with Crippen LogP contribution in [0.5, 0.6) is 0 Å². The summed E-state index contributed by atoms with van der Waals surface area (Å²) in [5.41, 5.74) is 15.7. The molecule has 15 heteroatoms. The van der Waals surface area contributed by atoms with E-state index in [1.807, 2.05) is 0 Å². The van der Waals surface area contributed by atoms with Crippen LogP contribution in [0.4, 0.5) is 0 Å². The van der Waals surface area contributed by atoms with Crippen LogP contribution in [0.1, 0.15) is 32.6 Å². The van der Waals surface area contributed by atoms with Gasteiger partial charge >= 0.3 is 5.97 Å². The van der Waals surface area contributed by atoms with Crippen molar-refractivity contribution in [3.8, 4) is 0 Å². The highest BCUT2D eigenvalue weighted by Gasteiger charge is 2.31. The molecule has 5 atom stereocenters. The summed E-state index contributed by atoms with van der Waals surface area (Å²) in [6.07, 6.45) is -0.545. The van der Waals surface area contributed by atoms with Gasteiger partial charge in [0.15, 0.2) is 0 Å². The van der Waals surface area contributed by atoms with Gasteiger partial charge in [-0.3, -0.25) is 24.0 Å². The molecule has 0 bridgehead atoms. The molecule has 5 unspecified atom stereocenters. The molecule has 0 aromatic rings. The molecule has 0 saturated heterocycles. The number of aliphatic carboxylic acids is 1. The van der Waals surface area contributed by atoms with Gasteiger partial charge in [0.2, 0.25) is 29.5 Å². The number of carboxylic acids is 1. The Morgan fingerprint density at radius 2 is 1.33 bits per heavy atom. The van der Waals surface area contributed by atoms with E-state index in [0.29, 0.717) is 5.75 Å². The van der Waals surface area contributed by atoms with Crippen LogP contribution in [0.25, 0.3) is 0 Å². The Balaban J connectivity index is 5.56. The summed E-state index contributed by atoms with van der Waals surface area (Å²) in [6.45, 7) is 1.30. The lowest BCUT2D eigenvalue weighted by molar-refractivity contribution is -0.144. The maximum atomic E-state index is 12.8. The molecule has 0 aliphatic heterocycles. The van der Waals surface area contributed by atoms with E-state index < -0.39 is 72.2 Å². The second-order valence-electron chi connectivity index (χ2n) is 7.25. The van der Waals surface area contributed by atoms with Crippen molar-refractivity contribution in [2.24, 2.45) is 17.2 Å². The van der Waals surface area contributed by atoms with Gasteiger partial charge in [0.1, 0.15) is 24.2 Å². The minimum atomic E-state index is -1.65. The predicted octanol–water partition coefficient (Wildman–Crippen LogP) is -3.87. The number of aliphatic hydroxyl groups is 1. The number of carbonyl (C=O) groups excluding carboxylic acids is 5. The smallest absolute Gasteiger partial charge is 0.326 e. The Hall–Kier alpha value is -2.91. The van der Waals surface area contributed by atoms with Crippen molar-refractivity contribution >= 4 is 47.3 Å². The SMILES string of the molecule is CSCCC(NC(=O)C(N)C(C)O)C(=O)NC(CCC(N)=O)C(=O)NC(CC(N)=O)C(=O)O. The molecule has 0 rings (SSSR count). The predicted molar refractivity (Wildman–Crippen MR) is 118 cm³/mol. The minimum absolute atomic E-state index is 0.148. The summed E-state index contributed by atoms with van der Waals surface area (Å²) in [4.78, 5) is 71.1. The molecule has 0 saturated carbocycles. The standard InChI is InChI=1S/C18H32N6O8S/c1-8(25)14(21)17(30)23-10(5-6-33-2)16(29)22-9(3-4-12(19)26)15(28)24-11(18(31)32)7-13(20)27/h8-11,14,25H,3-7,21H2,1-2H3,(H2,19,26)(H2,20,27)(H,22,29)(H,23,30)(H,24,28)(H,31,32). The second kappa shape index (κ2) is 15.0. The van der Waals surface area contributed by atoms with E-state index in [9.17, 15) is 33.9 Å². The molecule has 5 amide bonds. The lowest BCUT2D eigenvalue weighted by atomic mass is 10.1. The molecule has 0 aromatic heterocycles. The zero-order chi connectivity index (χ0) is 25.7. The fourth-order valence-electron chi connectivity index (χ4n) is 2.49. The largest absolute Gasteiger partial charge is 0.480 e. The molecule has 0 aliphatic carbocycles. The van der Waals surface area contributed by atoms with Crippen molar-refractivity contribution in [1.29, 1.82) is 0 Å². The molecule has 0 spiro atoms. The van der Waals surface area contributed by atoms with Crippen LogP contribution in [0.3, 0.4) is 0 Å². The summed E-state index contributed by atoms with van der Waals surface area (Å²) in [5, 5.41) is 25.5. The van der Waals surface area contributed by atoms with Gasteiger partial charge in [0, 0.05) is 6.42 Å². The highest BCUT2D eigenvalue weighted by atomic mass is 32.2. The van der Waals surface area contributed by atoms with Gasteiger partial charge in [-0.2, -0.15) is 11.8 Å². The van der Waals surface area contributed by atoms with Gasteiger partial charge in [-0.25, -0.2) is 4.79 Å². The molecular formula is C18H32N6O8S. The first-order valence-electron chi connectivity index (χ1n) is 9.93. The van der Waals surface area contributed by atoms with Gasteiger partial charge in [0.05, 0.1) is 12.5 Å². The highest BCUT2D eigenvalue weighted by molar-refractivity contribution is 7.98. The minimum Gasteiger partial charge on any atom is -0.480 e. The molecule has 0 heterocycles. The Bertz CT molecular complexity index is 735. The molecule has 33 heavy (non-hydrogen) atoms. The quantitative estimate of drug-likeness (QED) is 0.104. The number of nitrogens with one attached hydrogen (secondary N) is 3. The van der Waals surface area contributed by atoms with E-state index in [1.54, 1.807) is 6.26 Å². The lowest BCUT2D eigenvalue weighted by Crippen LogP contribution is -2.58. The summed E-state index contributed by atoms with van der Waals surface area (Å²) >= 11 is 1.38. The molecule has 188 valence electrons. The van der Waals surface area contributed by atoms with E-state index in [2.05, 4.69) is 16.0 Å². The fraction of sp³-hybridized carbons (Fsp3) is 0.667. The van der Waals surface area contributed by atoms with Crippen LogP contribution < -0.4 is 33.2 Å². The number of hydrogen-bond donors (Lipinski definition) is 8. The normalized spacial score (nSPS) is 15.3. The fourth-order valence-corrected chi connectivity index (χ4v) is 2.96. The number of rotatable bonds is 16. The van der Waals surface area contributed by atoms with Crippen LogP contribution in [0, 0.1) is 0 Å². The van der Waals surface area contributed by atoms with Gasteiger partial charge < -0.3 is 43.4 Å². The van der Waals surface area contributed by atoms with Crippen molar-refractivity contribution in [2.75, 3.05) is 12.0 Å². The number of aliphatic hydroxyl groups excluding tert-OH is 1. The number of amides is 5. The summed E-state index contributed by atoms with van der Waals surface area (Å²) in [5.74, 6) is -5.43. The van der Waals surface area contributed by atoms with Crippen molar-refractivity contribution in [2.45, 2.75) is 62.9 Å². The number of thioether (sulfide) groups is 1. The number of primary amides is 2. The number of hydrogen-bond acceptors (Lipinski definition) is 9. The lowest BCUT2D eigenvalue weighted by Gasteiger charge is -2.25. The first kappa shape index (κ1) is 30.1. The Morgan fingerprint density at radius 1 is 0.848 bits per heavy atom. The first-order chi connectivity index (χ1) is 15.3. The van der Waals surface area contributed by atoms with E-state index in [-0.39, 0.29) is 19.3 Å². The van der Waals surface area contributed by atoms with Crippen molar-refractivity contribution in [3.63, 3.8) is 0 Å². The zero-order valence-corrected chi connectivity index (χ0v) is 19.2. The van der Waals surface area contributed by atoms with Crippen molar-refractivity contribution < 1.29 is 39.0 Å². The maximum Gasteiger partial charge on any atom is 0.326 e. The van der Waals surface area contributed by atoms with Crippen LogP contribution in [-0.4, -0.2) is 88.0 Å². The van der Waals surface area contributed by atoms with Crippen LogP contribution in [0.15, 0.2) is 0 Å². The van der Waals surface area contributed by atoms with Gasteiger partial charge in [-0.1, -0.05) is 0 Å². The molecule has 0 aliphatic rings. The number of carbonyl (C=O) groups is 6. The van der Waals surface area contributed by atoms with Crippen LogP contribution in [-0.2, 0) is 28.8 Å². The maximum absolute atomic E-state index is 12.8. The van der Waals surface area contributed by atoms with E-state index in [0.717, 1.165) is 0 Å². The molecule has 14 nitrogen and oxygen atoms in total. The second-order valence-corrected chi connectivity index (χ2v) is 8.23. The Labute approximate surface area is 194 Å². The molecule has 0 fully saturated rings. The number of carboxylic acid groups (broad SMARTS) is 1. The molecular weight excluding hydrogens is 460 g/mol. The van der Waals surface area contributed by atoms with E-state index >= 15 is 0 Å². The van der Waals surface area contributed by atoms with Crippen molar-refractivity contribution in [3.05, 3.63) is 0 Å². The third kappa shape index (κ3) is 12.1. The zero-order valence-electron chi connectivity index (χ0n) is 18.4. The van der Waals surface area contributed by atoms with Crippen LogP contribution in [0.2, 0.25) is 0 Å². The van der Waals surface area contributed by atoms with Gasteiger partial charge in [-0.05, 0) is 31.8 Å². The summed E-state index contributed by atoms with van der Waals surface area (Å²) in [6, 6.07) is -5.49. The average Bonchev–Trinajstić information content (AvgIpc) is 2.71. The van der Waals surface area contributed by atoms with Crippen LogP contribution >= 0.6 is 11.8 Å². The summed E-state index contributed by atoms with van der Waals surface area (Å²) < 4.78 is 0. The van der Waals surface area contributed by atoms with Gasteiger partial charge in [0.25, 0.3) is 0 Å². The number of nitrogens with two attached hydrogens (primary N) is 3. The van der Waals surface area contributed by atoms with Gasteiger partial charge in [-0.15, -0.1) is 0 Å².